The lowest BCUT2D eigenvalue weighted by Crippen LogP contribution is -2.49. The van der Waals surface area contributed by atoms with E-state index in [1.165, 1.54) is 29.9 Å². The summed E-state index contributed by atoms with van der Waals surface area (Å²) in [6.07, 6.45) is 2.70. The summed E-state index contributed by atoms with van der Waals surface area (Å²) in [6, 6.07) is 9.07. The summed E-state index contributed by atoms with van der Waals surface area (Å²) in [6.45, 7) is 2.80. The molecule has 1 aromatic rings. The third-order valence-electron chi connectivity index (χ3n) is 4.53. The lowest BCUT2D eigenvalue weighted by molar-refractivity contribution is -0.0414. The lowest BCUT2D eigenvalue weighted by Gasteiger charge is -2.38. The minimum absolute atomic E-state index is 0.203. The van der Waals surface area contributed by atoms with Crippen LogP contribution in [0.15, 0.2) is 24.3 Å². The Bertz CT molecular complexity index is 464. The van der Waals surface area contributed by atoms with Gasteiger partial charge in [0.15, 0.2) is 0 Å². The molecular formula is C17H25ClN2OS. The fourth-order valence-corrected chi connectivity index (χ4v) is 4.45. The van der Waals surface area contributed by atoms with Crippen LogP contribution in [0.2, 0.25) is 5.02 Å². The van der Waals surface area contributed by atoms with Gasteiger partial charge >= 0.3 is 0 Å². The van der Waals surface area contributed by atoms with Crippen LogP contribution in [-0.4, -0.2) is 55.3 Å². The summed E-state index contributed by atoms with van der Waals surface area (Å²) in [5.74, 6) is 2.52. The molecule has 2 saturated heterocycles. The zero-order chi connectivity index (χ0) is 15.4. The Morgan fingerprint density at radius 2 is 2.00 bits per heavy atom. The second kappa shape index (κ2) is 8.02. The summed E-state index contributed by atoms with van der Waals surface area (Å²) in [4.78, 5) is 2.36. The van der Waals surface area contributed by atoms with Crippen molar-refractivity contribution in [3.63, 3.8) is 0 Å². The zero-order valence-corrected chi connectivity index (χ0v) is 14.7. The normalized spacial score (nSPS) is 26.0. The number of hydrogen-bond acceptors (Lipinski definition) is 4. The summed E-state index contributed by atoms with van der Waals surface area (Å²) < 4.78 is 6.09. The Labute approximate surface area is 142 Å². The van der Waals surface area contributed by atoms with Gasteiger partial charge in [-0.2, -0.15) is 11.8 Å². The molecule has 2 atom stereocenters. The van der Waals surface area contributed by atoms with Crippen molar-refractivity contribution < 1.29 is 4.74 Å². The molecule has 2 aliphatic heterocycles. The van der Waals surface area contributed by atoms with Crippen LogP contribution in [0.25, 0.3) is 0 Å². The number of ether oxygens (including phenoxy) is 1. The van der Waals surface area contributed by atoms with Gasteiger partial charge in [0, 0.05) is 24.2 Å². The molecule has 0 bridgehead atoms. The van der Waals surface area contributed by atoms with Crippen molar-refractivity contribution in [1.29, 1.82) is 0 Å². The summed E-state index contributed by atoms with van der Waals surface area (Å²) in [5, 5.41) is 4.66. The number of thioether (sulfide) groups is 1. The van der Waals surface area contributed by atoms with Gasteiger partial charge in [-0.1, -0.05) is 23.7 Å². The van der Waals surface area contributed by atoms with Crippen LogP contribution in [0.5, 0.6) is 0 Å². The molecular weight excluding hydrogens is 316 g/mol. The van der Waals surface area contributed by atoms with E-state index in [1.807, 2.05) is 12.1 Å². The van der Waals surface area contributed by atoms with E-state index in [0.29, 0.717) is 6.04 Å². The highest BCUT2D eigenvalue weighted by Crippen LogP contribution is 2.27. The molecule has 0 unspecified atom stereocenters. The van der Waals surface area contributed by atoms with Crippen molar-refractivity contribution >= 4 is 23.4 Å². The molecule has 0 spiro atoms. The highest BCUT2D eigenvalue weighted by Gasteiger charge is 2.30. The van der Waals surface area contributed by atoms with Gasteiger partial charge in [-0.15, -0.1) is 0 Å². The number of hydrogen-bond donors (Lipinski definition) is 1. The van der Waals surface area contributed by atoms with Crippen molar-refractivity contribution in [1.82, 2.24) is 10.2 Å². The molecule has 3 nitrogen and oxygen atoms in total. The highest BCUT2D eigenvalue weighted by molar-refractivity contribution is 7.99. The molecule has 0 saturated carbocycles. The third-order valence-corrected chi connectivity index (χ3v) is 5.83. The number of rotatable bonds is 4. The monoisotopic (exact) mass is 340 g/mol. The number of halogens is 1. The van der Waals surface area contributed by atoms with E-state index in [0.717, 1.165) is 24.7 Å². The smallest absolute Gasteiger partial charge is 0.0896 e. The van der Waals surface area contributed by atoms with Gasteiger partial charge < -0.3 is 15.0 Å². The fraction of sp³-hybridized carbons (Fsp3) is 0.647. The van der Waals surface area contributed by atoms with Crippen LogP contribution >= 0.6 is 23.4 Å². The molecule has 5 heteroatoms. The lowest BCUT2D eigenvalue weighted by atomic mass is 9.98. The molecule has 0 aromatic heterocycles. The van der Waals surface area contributed by atoms with Gasteiger partial charge in [0.25, 0.3) is 0 Å². The maximum atomic E-state index is 6.09. The molecule has 0 amide bonds. The number of benzene rings is 1. The standard InChI is InChI=1S/C17H25ClN2OS/c1-20-8-9-21-16(12-20)17(13-2-4-14(18)5-3-13)19-15-6-10-22-11-7-15/h2-5,15-17,19H,6-12H2,1H3/t16-,17+/m1/s1. The van der Waals surface area contributed by atoms with Crippen LogP contribution in [0.1, 0.15) is 24.4 Å². The van der Waals surface area contributed by atoms with E-state index in [-0.39, 0.29) is 12.1 Å². The Kier molecular flexibility index (Phi) is 6.05. The number of likely N-dealkylation sites (N-methyl/N-ethyl adjacent to an activating group) is 1. The topological polar surface area (TPSA) is 24.5 Å². The van der Waals surface area contributed by atoms with Crippen LogP contribution in [0.3, 0.4) is 0 Å². The van der Waals surface area contributed by atoms with Gasteiger partial charge in [-0.3, -0.25) is 0 Å². The first-order valence-electron chi connectivity index (χ1n) is 8.12. The van der Waals surface area contributed by atoms with Crippen LogP contribution in [0.4, 0.5) is 0 Å². The summed E-state index contributed by atoms with van der Waals surface area (Å²) >= 11 is 8.12. The highest BCUT2D eigenvalue weighted by atomic mass is 35.5. The summed E-state index contributed by atoms with van der Waals surface area (Å²) in [5.41, 5.74) is 1.28. The van der Waals surface area contributed by atoms with Gasteiger partial charge in [-0.25, -0.2) is 0 Å². The van der Waals surface area contributed by atoms with Crippen molar-refractivity contribution in [2.24, 2.45) is 0 Å². The zero-order valence-electron chi connectivity index (χ0n) is 13.1. The third kappa shape index (κ3) is 4.39. The van der Waals surface area contributed by atoms with Gasteiger partial charge in [0.1, 0.15) is 0 Å². The van der Waals surface area contributed by atoms with E-state index in [9.17, 15) is 0 Å². The van der Waals surface area contributed by atoms with Crippen molar-refractivity contribution in [2.75, 3.05) is 38.2 Å². The van der Waals surface area contributed by atoms with E-state index >= 15 is 0 Å². The minimum Gasteiger partial charge on any atom is -0.374 e. The second-order valence-electron chi connectivity index (χ2n) is 6.25. The SMILES string of the molecule is CN1CCO[C@@H]([C@@H](NC2CCSCC2)c2ccc(Cl)cc2)C1. The summed E-state index contributed by atoms with van der Waals surface area (Å²) in [7, 11) is 2.17. The van der Waals surface area contributed by atoms with Gasteiger partial charge in [-0.05, 0) is 49.1 Å². The number of nitrogens with zero attached hydrogens (tertiary/aromatic N) is 1. The van der Waals surface area contributed by atoms with Crippen LogP contribution < -0.4 is 5.32 Å². The van der Waals surface area contributed by atoms with Gasteiger partial charge in [0.05, 0.1) is 18.8 Å². The molecule has 22 heavy (non-hydrogen) atoms. The molecule has 1 N–H and O–H groups in total. The van der Waals surface area contributed by atoms with Crippen molar-refractivity contribution in [2.45, 2.75) is 31.0 Å². The first-order chi connectivity index (χ1) is 10.7. The average Bonchev–Trinajstić information content (AvgIpc) is 2.55. The van der Waals surface area contributed by atoms with Crippen LogP contribution in [-0.2, 0) is 4.74 Å². The Morgan fingerprint density at radius 1 is 1.27 bits per heavy atom. The molecule has 0 radical (unpaired) electrons. The molecule has 2 fully saturated rings. The van der Waals surface area contributed by atoms with Crippen molar-refractivity contribution in [3.05, 3.63) is 34.9 Å². The van der Waals surface area contributed by atoms with E-state index in [2.05, 4.69) is 41.2 Å². The maximum Gasteiger partial charge on any atom is 0.0896 e. The molecule has 2 heterocycles. The minimum atomic E-state index is 0.203. The predicted octanol–water partition coefficient (Wildman–Crippen LogP) is 3.20. The number of nitrogens with one attached hydrogen (secondary N) is 1. The van der Waals surface area contributed by atoms with Crippen LogP contribution in [0, 0.1) is 0 Å². The Morgan fingerprint density at radius 3 is 2.68 bits per heavy atom. The fourth-order valence-electron chi connectivity index (χ4n) is 3.22. The van der Waals surface area contributed by atoms with Gasteiger partial charge in [0.2, 0.25) is 0 Å². The molecule has 1 aromatic carbocycles. The Balaban J connectivity index is 1.75. The molecule has 0 aliphatic carbocycles. The average molecular weight is 341 g/mol. The maximum absolute atomic E-state index is 6.09. The first-order valence-corrected chi connectivity index (χ1v) is 9.65. The second-order valence-corrected chi connectivity index (χ2v) is 7.92. The number of morpholine rings is 1. The van der Waals surface area contributed by atoms with E-state index < -0.39 is 0 Å². The van der Waals surface area contributed by atoms with E-state index in [4.69, 9.17) is 16.3 Å². The predicted molar refractivity (Wildman–Crippen MR) is 94.9 cm³/mol. The van der Waals surface area contributed by atoms with E-state index in [1.54, 1.807) is 0 Å². The largest absolute Gasteiger partial charge is 0.374 e. The first kappa shape index (κ1) is 16.6. The molecule has 122 valence electrons. The molecule has 3 rings (SSSR count). The Hall–Kier alpha value is -0.260. The molecule has 2 aliphatic rings. The quantitative estimate of drug-likeness (QED) is 0.909. The van der Waals surface area contributed by atoms with Crippen molar-refractivity contribution in [3.8, 4) is 0 Å².